The number of ether oxygens (including phenoxy) is 2. The highest BCUT2D eigenvalue weighted by Gasteiger charge is 2.15. The summed E-state index contributed by atoms with van der Waals surface area (Å²) in [5.74, 6) is 2.42. The van der Waals surface area contributed by atoms with Gasteiger partial charge in [0.1, 0.15) is 0 Å². The monoisotopic (exact) mass is 311 g/mol. The SMILES string of the molecule is O=c1ccccn1Cc1noc(Cc2ccc3c(c2)OCO3)n1. The van der Waals surface area contributed by atoms with Gasteiger partial charge in [0.05, 0.1) is 13.0 Å². The summed E-state index contributed by atoms with van der Waals surface area (Å²) in [6, 6.07) is 10.7. The highest BCUT2D eigenvalue weighted by atomic mass is 16.7. The number of hydrogen-bond acceptors (Lipinski definition) is 6. The van der Waals surface area contributed by atoms with Gasteiger partial charge in [0.25, 0.3) is 5.56 Å². The predicted octanol–water partition coefficient (Wildman–Crippen LogP) is 1.60. The van der Waals surface area contributed by atoms with E-state index < -0.39 is 0 Å². The Morgan fingerprint density at radius 2 is 2.04 bits per heavy atom. The zero-order chi connectivity index (χ0) is 15.6. The van der Waals surface area contributed by atoms with E-state index in [9.17, 15) is 4.79 Å². The van der Waals surface area contributed by atoms with Crippen molar-refractivity contribution in [2.45, 2.75) is 13.0 Å². The molecular formula is C16H13N3O4. The summed E-state index contributed by atoms with van der Waals surface area (Å²) in [5, 5.41) is 3.92. The van der Waals surface area contributed by atoms with E-state index in [-0.39, 0.29) is 18.9 Å². The smallest absolute Gasteiger partial charge is 0.250 e. The number of nitrogens with zero attached hydrogens (tertiary/aromatic N) is 3. The summed E-state index contributed by atoms with van der Waals surface area (Å²) in [6.07, 6.45) is 2.18. The van der Waals surface area contributed by atoms with E-state index in [1.165, 1.54) is 10.6 Å². The standard InChI is InChI=1S/C16H13N3O4/c20-16-3-1-2-6-19(16)9-14-17-15(23-18-14)8-11-4-5-12-13(7-11)22-10-21-12/h1-7H,8-10H2. The second kappa shape index (κ2) is 5.60. The Morgan fingerprint density at radius 1 is 1.13 bits per heavy atom. The molecule has 3 aromatic rings. The maximum absolute atomic E-state index is 11.7. The van der Waals surface area contributed by atoms with Crippen LogP contribution in [0.3, 0.4) is 0 Å². The van der Waals surface area contributed by atoms with E-state index in [1.807, 2.05) is 18.2 Å². The lowest BCUT2D eigenvalue weighted by Gasteiger charge is -2.00. The van der Waals surface area contributed by atoms with Crippen LogP contribution in [0.1, 0.15) is 17.3 Å². The molecule has 0 amide bonds. The van der Waals surface area contributed by atoms with Crippen LogP contribution in [-0.2, 0) is 13.0 Å². The normalized spacial score (nSPS) is 12.5. The summed E-state index contributed by atoms with van der Waals surface area (Å²) >= 11 is 0. The van der Waals surface area contributed by atoms with Gasteiger partial charge < -0.3 is 18.6 Å². The summed E-state index contributed by atoms with van der Waals surface area (Å²) in [5.41, 5.74) is 0.885. The first-order valence-corrected chi connectivity index (χ1v) is 7.13. The van der Waals surface area contributed by atoms with Crippen LogP contribution in [-0.4, -0.2) is 21.5 Å². The quantitative estimate of drug-likeness (QED) is 0.728. The van der Waals surface area contributed by atoms with E-state index in [1.54, 1.807) is 18.3 Å². The van der Waals surface area contributed by atoms with E-state index >= 15 is 0 Å². The van der Waals surface area contributed by atoms with Crippen molar-refractivity contribution < 1.29 is 14.0 Å². The average molecular weight is 311 g/mol. The Hall–Kier alpha value is -3.09. The zero-order valence-corrected chi connectivity index (χ0v) is 12.1. The molecule has 0 atom stereocenters. The molecule has 0 N–H and O–H groups in total. The fraction of sp³-hybridized carbons (Fsp3) is 0.188. The lowest BCUT2D eigenvalue weighted by atomic mass is 10.1. The molecule has 1 aliphatic rings. The summed E-state index contributed by atoms with van der Waals surface area (Å²) < 4.78 is 17.4. The van der Waals surface area contributed by atoms with Gasteiger partial charge in [-0.2, -0.15) is 4.98 Å². The van der Waals surface area contributed by atoms with Gasteiger partial charge in [-0.3, -0.25) is 4.79 Å². The number of aromatic nitrogens is 3. The van der Waals surface area contributed by atoms with Crippen molar-refractivity contribution in [3.8, 4) is 11.5 Å². The number of pyridine rings is 1. The maximum atomic E-state index is 11.7. The molecular weight excluding hydrogens is 298 g/mol. The summed E-state index contributed by atoms with van der Waals surface area (Å²) in [4.78, 5) is 16.0. The van der Waals surface area contributed by atoms with Crippen LogP contribution in [0, 0.1) is 0 Å². The first-order chi connectivity index (χ1) is 11.3. The minimum atomic E-state index is -0.102. The summed E-state index contributed by atoms with van der Waals surface area (Å²) in [6.45, 7) is 0.527. The van der Waals surface area contributed by atoms with Gasteiger partial charge in [0.2, 0.25) is 12.7 Å². The highest BCUT2D eigenvalue weighted by molar-refractivity contribution is 5.44. The largest absolute Gasteiger partial charge is 0.454 e. The van der Waals surface area contributed by atoms with Crippen molar-refractivity contribution in [1.29, 1.82) is 0 Å². The molecule has 0 bridgehead atoms. The Balaban J connectivity index is 1.50. The first kappa shape index (κ1) is 13.6. The Bertz CT molecular complexity index is 900. The minimum Gasteiger partial charge on any atom is -0.454 e. The highest BCUT2D eigenvalue weighted by Crippen LogP contribution is 2.32. The zero-order valence-electron chi connectivity index (χ0n) is 12.1. The van der Waals surface area contributed by atoms with Gasteiger partial charge in [-0.05, 0) is 23.8 Å². The molecule has 116 valence electrons. The lowest BCUT2D eigenvalue weighted by Crippen LogP contribution is -2.18. The minimum absolute atomic E-state index is 0.102. The topological polar surface area (TPSA) is 79.4 Å². The van der Waals surface area contributed by atoms with Gasteiger partial charge in [0.15, 0.2) is 17.3 Å². The number of hydrogen-bond donors (Lipinski definition) is 0. The second-order valence-electron chi connectivity index (χ2n) is 5.14. The van der Waals surface area contributed by atoms with Crippen molar-refractivity contribution in [2.24, 2.45) is 0 Å². The second-order valence-corrected chi connectivity index (χ2v) is 5.14. The molecule has 4 rings (SSSR count). The van der Waals surface area contributed by atoms with E-state index in [4.69, 9.17) is 14.0 Å². The number of rotatable bonds is 4. The third-order valence-electron chi connectivity index (χ3n) is 3.51. The molecule has 23 heavy (non-hydrogen) atoms. The Morgan fingerprint density at radius 3 is 2.96 bits per heavy atom. The lowest BCUT2D eigenvalue weighted by molar-refractivity contribution is 0.174. The van der Waals surface area contributed by atoms with Crippen LogP contribution in [0.25, 0.3) is 0 Å². The molecule has 7 heteroatoms. The van der Waals surface area contributed by atoms with E-state index in [0.29, 0.717) is 18.1 Å². The molecule has 2 aromatic heterocycles. The van der Waals surface area contributed by atoms with Crippen molar-refractivity contribution in [3.63, 3.8) is 0 Å². The van der Waals surface area contributed by atoms with E-state index in [0.717, 1.165) is 17.1 Å². The fourth-order valence-corrected chi connectivity index (χ4v) is 2.40. The predicted molar refractivity (Wildman–Crippen MR) is 79.5 cm³/mol. The summed E-state index contributed by atoms with van der Waals surface area (Å²) in [7, 11) is 0. The van der Waals surface area contributed by atoms with Gasteiger partial charge in [0, 0.05) is 12.3 Å². The van der Waals surface area contributed by atoms with Crippen LogP contribution in [0.4, 0.5) is 0 Å². The molecule has 0 fully saturated rings. The Labute approximate surface area is 131 Å². The molecule has 0 saturated carbocycles. The van der Waals surface area contributed by atoms with Crippen LogP contribution in [0.5, 0.6) is 11.5 Å². The van der Waals surface area contributed by atoms with Crippen molar-refractivity contribution in [3.05, 3.63) is 70.2 Å². The van der Waals surface area contributed by atoms with Crippen LogP contribution >= 0.6 is 0 Å². The Kier molecular flexibility index (Phi) is 3.30. The van der Waals surface area contributed by atoms with Crippen LogP contribution in [0.15, 0.2) is 51.9 Å². The van der Waals surface area contributed by atoms with Gasteiger partial charge in [-0.15, -0.1) is 0 Å². The molecule has 0 saturated heterocycles. The molecule has 0 spiro atoms. The van der Waals surface area contributed by atoms with Gasteiger partial charge in [-0.1, -0.05) is 17.3 Å². The fourth-order valence-electron chi connectivity index (χ4n) is 2.40. The molecule has 1 aliphatic heterocycles. The molecule has 3 heterocycles. The van der Waals surface area contributed by atoms with Crippen LogP contribution in [0.2, 0.25) is 0 Å². The van der Waals surface area contributed by atoms with Crippen molar-refractivity contribution in [2.75, 3.05) is 6.79 Å². The van der Waals surface area contributed by atoms with Crippen molar-refractivity contribution in [1.82, 2.24) is 14.7 Å². The molecule has 7 nitrogen and oxygen atoms in total. The van der Waals surface area contributed by atoms with Gasteiger partial charge >= 0.3 is 0 Å². The first-order valence-electron chi connectivity index (χ1n) is 7.13. The number of fused-ring (bicyclic) bond motifs is 1. The molecule has 0 unspecified atom stereocenters. The average Bonchev–Trinajstić information content (AvgIpc) is 3.18. The van der Waals surface area contributed by atoms with Crippen LogP contribution < -0.4 is 15.0 Å². The number of benzene rings is 1. The van der Waals surface area contributed by atoms with Gasteiger partial charge in [-0.25, -0.2) is 0 Å². The third-order valence-corrected chi connectivity index (χ3v) is 3.51. The molecule has 0 radical (unpaired) electrons. The third kappa shape index (κ3) is 2.80. The molecule has 1 aromatic carbocycles. The van der Waals surface area contributed by atoms with E-state index in [2.05, 4.69) is 10.1 Å². The van der Waals surface area contributed by atoms with Crippen molar-refractivity contribution >= 4 is 0 Å². The maximum Gasteiger partial charge on any atom is 0.250 e. The molecule has 0 aliphatic carbocycles.